The van der Waals surface area contributed by atoms with E-state index in [1.54, 1.807) is 16.9 Å². The number of thiocarbonyl (C=S) groups is 1. The number of carbonyl (C=O) groups excluding carboxylic acids is 1. The Kier molecular flexibility index (Phi) is 4.91. The van der Waals surface area contributed by atoms with Gasteiger partial charge in [-0.2, -0.15) is 0 Å². The van der Waals surface area contributed by atoms with Crippen LogP contribution in [-0.4, -0.2) is 18.1 Å². The molecular weight excluding hydrogens is 368 g/mol. The Balaban J connectivity index is 1.87. The third-order valence-electron chi connectivity index (χ3n) is 4.51. The molecule has 0 aromatic heterocycles. The van der Waals surface area contributed by atoms with E-state index in [2.05, 4.69) is 0 Å². The van der Waals surface area contributed by atoms with E-state index in [1.165, 1.54) is 0 Å². The fourth-order valence-electron chi connectivity index (χ4n) is 3.19. The number of methoxy groups -OCH3 is 1. The number of hydrogen-bond donors (Lipinski definition) is 0. The Hall–Kier alpha value is -3.44. The summed E-state index contributed by atoms with van der Waals surface area (Å²) in [7, 11) is 1.61. The average Bonchev–Trinajstić information content (AvgIpc) is 2.99. The lowest BCUT2D eigenvalue weighted by atomic mass is 10.1. The zero-order valence-corrected chi connectivity index (χ0v) is 16.1. The van der Waals surface area contributed by atoms with Crippen LogP contribution in [0.4, 0.5) is 11.4 Å². The summed E-state index contributed by atoms with van der Waals surface area (Å²) < 4.78 is 5.45. The van der Waals surface area contributed by atoms with Crippen LogP contribution in [0.15, 0.2) is 90.6 Å². The van der Waals surface area contributed by atoms with Crippen molar-refractivity contribution in [2.45, 2.75) is 0 Å². The Bertz CT molecular complexity index is 1050. The predicted octanol–water partition coefficient (Wildman–Crippen LogP) is 4.87. The van der Waals surface area contributed by atoms with E-state index in [0.717, 1.165) is 16.9 Å². The van der Waals surface area contributed by atoms with Gasteiger partial charge in [0, 0.05) is 11.3 Å². The number of amides is 1. The van der Waals surface area contributed by atoms with Gasteiger partial charge in [0.15, 0.2) is 5.11 Å². The van der Waals surface area contributed by atoms with Crippen LogP contribution in [0.1, 0.15) is 5.56 Å². The molecule has 0 bridgehead atoms. The third-order valence-corrected chi connectivity index (χ3v) is 4.87. The van der Waals surface area contributed by atoms with Crippen LogP contribution >= 0.6 is 12.2 Å². The highest BCUT2D eigenvalue weighted by molar-refractivity contribution is 7.81. The molecule has 1 amide bonds. The summed E-state index contributed by atoms with van der Waals surface area (Å²) in [5.74, 6) is 0.519. The smallest absolute Gasteiger partial charge is 0.281 e. The second kappa shape index (κ2) is 7.66. The third kappa shape index (κ3) is 3.17. The van der Waals surface area contributed by atoms with Gasteiger partial charge in [-0.15, -0.1) is 0 Å². The average molecular weight is 386 g/mol. The van der Waals surface area contributed by atoms with Gasteiger partial charge in [0.05, 0.1) is 12.8 Å². The van der Waals surface area contributed by atoms with Gasteiger partial charge in [-0.25, -0.2) is 0 Å². The Morgan fingerprint density at radius 3 is 1.93 bits per heavy atom. The van der Waals surface area contributed by atoms with Crippen molar-refractivity contribution in [3.8, 4) is 5.75 Å². The SMILES string of the molecule is COc1ccccc1C=C1C(=O)N(c2ccccc2)C(=S)N1c1ccccc1. The molecule has 1 aliphatic heterocycles. The zero-order chi connectivity index (χ0) is 19.5. The maximum Gasteiger partial charge on any atom is 0.281 e. The minimum atomic E-state index is -0.175. The van der Waals surface area contributed by atoms with Crippen LogP contribution in [0, 0.1) is 0 Å². The molecule has 138 valence electrons. The fraction of sp³-hybridized carbons (Fsp3) is 0.0435. The molecule has 4 rings (SSSR count). The Morgan fingerprint density at radius 2 is 1.32 bits per heavy atom. The van der Waals surface area contributed by atoms with Crippen LogP contribution in [0.25, 0.3) is 6.08 Å². The number of benzene rings is 3. The van der Waals surface area contributed by atoms with E-state index >= 15 is 0 Å². The zero-order valence-electron chi connectivity index (χ0n) is 15.3. The number of ether oxygens (including phenoxy) is 1. The maximum atomic E-state index is 13.4. The summed E-state index contributed by atoms with van der Waals surface area (Å²) in [5.41, 5.74) is 2.86. The van der Waals surface area contributed by atoms with E-state index in [1.807, 2.05) is 91.0 Å². The van der Waals surface area contributed by atoms with Gasteiger partial charge in [-0.1, -0.05) is 54.6 Å². The van der Waals surface area contributed by atoms with Gasteiger partial charge in [0.1, 0.15) is 11.4 Å². The second-order valence-electron chi connectivity index (χ2n) is 6.20. The molecule has 0 atom stereocenters. The number of nitrogens with zero attached hydrogens (tertiary/aromatic N) is 2. The van der Waals surface area contributed by atoms with Crippen molar-refractivity contribution in [2.75, 3.05) is 16.9 Å². The first kappa shape index (κ1) is 17.9. The van der Waals surface area contributed by atoms with E-state index < -0.39 is 0 Å². The van der Waals surface area contributed by atoms with Gasteiger partial charge in [-0.05, 0) is 48.6 Å². The van der Waals surface area contributed by atoms with Crippen molar-refractivity contribution in [1.29, 1.82) is 0 Å². The molecule has 1 aliphatic rings. The molecule has 0 spiro atoms. The Morgan fingerprint density at radius 1 is 0.786 bits per heavy atom. The van der Waals surface area contributed by atoms with Crippen molar-refractivity contribution >= 4 is 40.7 Å². The standard InChI is InChI=1S/C23H18N2O2S/c1-27-21-15-9-8-10-17(21)16-20-22(26)25(19-13-6-3-7-14-19)23(28)24(20)18-11-4-2-5-12-18/h2-16H,1H3. The Labute approximate surface area is 169 Å². The predicted molar refractivity (Wildman–Crippen MR) is 116 cm³/mol. The van der Waals surface area contributed by atoms with Crippen LogP contribution < -0.4 is 14.5 Å². The number of carbonyl (C=O) groups is 1. The number of anilines is 2. The monoisotopic (exact) mass is 386 g/mol. The number of para-hydroxylation sites is 3. The highest BCUT2D eigenvalue weighted by Crippen LogP contribution is 2.34. The second-order valence-corrected chi connectivity index (χ2v) is 6.57. The molecule has 3 aromatic rings. The normalized spacial score (nSPS) is 15.4. The minimum Gasteiger partial charge on any atom is -0.496 e. The fourth-order valence-corrected chi connectivity index (χ4v) is 3.58. The van der Waals surface area contributed by atoms with E-state index in [4.69, 9.17) is 17.0 Å². The van der Waals surface area contributed by atoms with E-state index in [-0.39, 0.29) is 5.91 Å². The summed E-state index contributed by atoms with van der Waals surface area (Å²) in [4.78, 5) is 16.8. The molecule has 0 aliphatic carbocycles. The molecule has 1 saturated heterocycles. The van der Waals surface area contributed by atoms with Crippen molar-refractivity contribution in [3.63, 3.8) is 0 Å². The van der Waals surface area contributed by atoms with Crippen LogP contribution in [-0.2, 0) is 4.79 Å². The maximum absolute atomic E-state index is 13.4. The molecule has 5 heteroatoms. The van der Waals surface area contributed by atoms with Crippen LogP contribution in [0.5, 0.6) is 5.75 Å². The molecule has 0 unspecified atom stereocenters. The number of rotatable bonds is 4. The van der Waals surface area contributed by atoms with Gasteiger partial charge in [-0.3, -0.25) is 14.6 Å². The van der Waals surface area contributed by atoms with Gasteiger partial charge < -0.3 is 4.74 Å². The largest absolute Gasteiger partial charge is 0.496 e. The van der Waals surface area contributed by atoms with Crippen molar-refractivity contribution < 1.29 is 9.53 Å². The highest BCUT2D eigenvalue weighted by Gasteiger charge is 2.39. The van der Waals surface area contributed by atoms with E-state index in [9.17, 15) is 4.79 Å². The molecule has 4 nitrogen and oxygen atoms in total. The lowest BCUT2D eigenvalue weighted by molar-refractivity contribution is -0.113. The highest BCUT2D eigenvalue weighted by atomic mass is 32.1. The van der Waals surface area contributed by atoms with Gasteiger partial charge in [0.2, 0.25) is 0 Å². The number of hydrogen-bond acceptors (Lipinski definition) is 3. The first-order valence-corrected chi connectivity index (χ1v) is 9.25. The molecule has 0 radical (unpaired) electrons. The molecular formula is C23H18N2O2S. The summed E-state index contributed by atoms with van der Waals surface area (Å²) in [6, 6.07) is 26.7. The molecule has 28 heavy (non-hydrogen) atoms. The van der Waals surface area contributed by atoms with Gasteiger partial charge in [0.25, 0.3) is 5.91 Å². The van der Waals surface area contributed by atoms with Crippen molar-refractivity contribution in [3.05, 3.63) is 96.2 Å². The molecule has 0 N–H and O–H groups in total. The lowest BCUT2D eigenvalue weighted by Gasteiger charge is -2.20. The molecule has 3 aromatic carbocycles. The first-order chi connectivity index (χ1) is 13.7. The summed E-state index contributed by atoms with van der Waals surface area (Å²) in [6.07, 6.45) is 1.82. The van der Waals surface area contributed by atoms with Crippen molar-refractivity contribution in [1.82, 2.24) is 0 Å². The van der Waals surface area contributed by atoms with Gasteiger partial charge >= 0.3 is 0 Å². The lowest BCUT2D eigenvalue weighted by Crippen LogP contribution is -2.32. The minimum absolute atomic E-state index is 0.175. The first-order valence-electron chi connectivity index (χ1n) is 8.84. The van der Waals surface area contributed by atoms with E-state index in [0.29, 0.717) is 16.6 Å². The van der Waals surface area contributed by atoms with Crippen LogP contribution in [0.3, 0.4) is 0 Å². The van der Waals surface area contributed by atoms with Crippen LogP contribution in [0.2, 0.25) is 0 Å². The molecule has 1 fully saturated rings. The summed E-state index contributed by atoms with van der Waals surface area (Å²) in [5, 5.41) is 0.420. The summed E-state index contributed by atoms with van der Waals surface area (Å²) >= 11 is 5.72. The summed E-state index contributed by atoms with van der Waals surface area (Å²) in [6.45, 7) is 0. The molecule has 1 heterocycles. The quantitative estimate of drug-likeness (QED) is 0.473. The topological polar surface area (TPSA) is 32.8 Å². The molecule has 0 saturated carbocycles. The van der Waals surface area contributed by atoms with Crippen molar-refractivity contribution in [2.24, 2.45) is 0 Å².